The smallest absolute Gasteiger partial charge is 0.165 e. The van der Waals surface area contributed by atoms with Crippen LogP contribution in [0.4, 0.5) is 0 Å². The zero-order valence-electron chi connectivity index (χ0n) is 9.20. The van der Waals surface area contributed by atoms with Crippen LogP contribution in [0.15, 0.2) is 24.5 Å². The maximum Gasteiger partial charge on any atom is 0.391 e. The van der Waals surface area contributed by atoms with Gasteiger partial charge in [0.1, 0.15) is 0 Å². The highest BCUT2D eigenvalue weighted by atomic mass is 28.3. The van der Waals surface area contributed by atoms with Crippen LogP contribution in [0, 0.1) is 0 Å². The molecule has 0 aromatic carbocycles. The Balaban J connectivity index is 3.08. The number of nitrogens with zero attached hydrogens (tertiary/aromatic N) is 2. The van der Waals surface area contributed by atoms with Gasteiger partial charge in [0, 0.05) is 11.1 Å². The van der Waals surface area contributed by atoms with E-state index in [4.69, 9.17) is 0 Å². The van der Waals surface area contributed by atoms with Gasteiger partial charge in [0.2, 0.25) is 0 Å². The minimum absolute atomic E-state index is 0.339. The average molecular weight is 195 g/mol. The summed E-state index contributed by atoms with van der Waals surface area (Å²) < 4.78 is 2.16. The molecule has 0 radical (unpaired) electrons. The van der Waals surface area contributed by atoms with Gasteiger partial charge in [-0.15, -0.1) is 0 Å². The topological polar surface area (TPSA) is 16.8 Å². The van der Waals surface area contributed by atoms with Crippen LogP contribution in [-0.2, 0) is 0 Å². The summed E-state index contributed by atoms with van der Waals surface area (Å²) in [6.45, 7) is 11.6. The van der Waals surface area contributed by atoms with E-state index < -0.39 is 8.24 Å². The van der Waals surface area contributed by atoms with Crippen molar-refractivity contribution >= 4 is 8.24 Å². The van der Waals surface area contributed by atoms with Gasteiger partial charge in [0.05, 0.1) is 6.20 Å². The lowest BCUT2D eigenvalue weighted by Crippen LogP contribution is -2.67. The minimum atomic E-state index is -1.48. The maximum absolute atomic E-state index is 4.40. The predicted molar refractivity (Wildman–Crippen MR) is 57.0 cm³/mol. The summed E-state index contributed by atoms with van der Waals surface area (Å²) in [6.07, 6.45) is 3.94. The molecule has 13 heavy (non-hydrogen) atoms. The van der Waals surface area contributed by atoms with E-state index in [0.717, 1.165) is 0 Å². The van der Waals surface area contributed by atoms with Gasteiger partial charge in [-0.3, -0.25) is 0 Å². The molecule has 2 nitrogen and oxygen atoms in total. The standard InChI is InChI=1S/C10H19N2Si/c1-10(2,3)13(4,5)12-9-7-6-8-11-12/h6-9H,1-5H3/q+1. The summed E-state index contributed by atoms with van der Waals surface area (Å²) in [5.74, 6) is 0. The van der Waals surface area contributed by atoms with Gasteiger partial charge in [-0.05, 0) is 24.3 Å². The molecule has 0 saturated carbocycles. The van der Waals surface area contributed by atoms with E-state index in [-0.39, 0.29) is 0 Å². The van der Waals surface area contributed by atoms with E-state index in [1.165, 1.54) is 0 Å². The Morgan fingerprint density at radius 3 is 2.15 bits per heavy atom. The molecule has 1 heterocycles. The molecule has 0 bridgehead atoms. The molecule has 0 spiro atoms. The first-order valence-corrected chi connectivity index (χ1v) is 7.64. The molecule has 0 aliphatic rings. The Morgan fingerprint density at radius 1 is 1.15 bits per heavy atom. The average Bonchev–Trinajstić information content (AvgIpc) is 2.04. The summed E-state index contributed by atoms with van der Waals surface area (Å²) in [6, 6.07) is 4.01. The maximum atomic E-state index is 4.40. The van der Waals surface area contributed by atoms with Crippen molar-refractivity contribution in [3.8, 4) is 0 Å². The van der Waals surface area contributed by atoms with Gasteiger partial charge < -0.3 is 0 Å². The van der Waals surface area contributed by atoms with E-state index in [1.54, 1.807) is 0 Å². The largest absolute Gasteiger partial charge is 0.391 e. The second kappa shape index (κ2) is 3.22. The van der Waals surface area contributed by atoms with Crippen molar-refractivity contribution in [2.45, 2.75) is 38.9 Å². The molecular formula is C10H19N2Si+. The Hall–Kier alpha value is -0.703. The van der Waals surface area contributed by atoms with E-state index in [1.807, 2.05) is 18.3 Å². The van der Waals surface area contributed by atoms with Crippen LogP contribution >= 0.6 is 0 Å². The number of aromatic nitrogens is 2. The van der Waals surface area contributed by atoms with E-state index >= 15 is 0 Å². The molecule has 0 saturated heterocycles. The second-order valence-electron chi connectivity index (χ2n) is 4.95. The van der Waals surface area contributed by atoms with Crippen molar-refractivity contribution in [2.24, 2.45) is 0 Å². The SMILES string of the molecule is CC(C)(C)[Si](C)(C)[n+]1ccccn1. The summed E-state index contributed by atoms with van der Waals surface area (Å²) >= 11 is 0. The van der Waals surface area contributed by atoms with Crippen LogP contribution in [0.5, 0.6) is 0 Å². The fraction of sp³-hybridized carbons (Fsp3) is 0.600. The van der Waals surface area contributed by atoms with Crippen molar-refractivity contribution in [1.82, 2.24) is 5.10 Å². The summed E-state index contributed by atoms with van der Waals surface area (Å²) in [7, 11) is -1.48. The lowest BCUT2D eigenvalue weighted by Gasteiger charge is -2.27. The van der Waals surface area contributed by atoms with Crippen molar-refractivity contribution in [3.05, 3.63) is 24.5 Å². The molecule has 0 aliphatic carbocycles. The van der Waals surface area contributed by atoms with Crippen LogP contribution in [0.3, 0.4) is 0 Å². The highest BCUT2D eigenvalue weighted by Gasteiger charge is 2.48. The molecule has 0 unspecified atom stereocenters. The van der Waals surface area contributed by atoms with Gasteiger partial charge in [-0.2, -0.15) is 4.35 Å². The van der Waals surface area contributed by atoms with Gasteiger partial charge >= 0.3 is 8.24 Å². The molecular weight excluding hydrogens is 176 g/mol. The van der Waals surface area contributed by atoms with Crippen LogP contribution in [-0.4, -0.2) is 13.3 Å². The highest BCUT2D eigenvalue weighted by molar-refractivity contribution is 6.71. The third kappa shape index (κ3) is 1.96. The Labute approximate surface area is 81.7 Å². The third-order valence-corrected chi connectivity index (χ3v) is 8.10. The molecule has 1 aromatic heterocycles. The van der Waals surface area contributed by atoms with Crippen LogP contribution in [0.1, 0.15) is 20.8 Å². The summed E-state index contributed by atoms with van der Waals surface area (Å²) in [5.41, 5.74) is 0. The van der Waals surface area contributed by atoms with Crippen LogP contribution < -0.4 is 4.35 Å². The number of hydrogen-bond donors (Lipinski definition) is 0. The fourth-order valence-corrected chi connectivity index (χ4v) is 2.51. The Bertz CT molecular complexity index is 275. The Kier molecular flexibility index (Phi) is 2.57. The Morgan fingerprint density at radius 2 is 1.77 bits per heavy atom. The molecule has 3 heteroatoms. The quantitative estimate of drug-likeness (QED) is 0.628. The summed E-state index contributed by atoms with van der Waals surface area (Å²) in [4.78, 5) is 0. The predicted octanol–water partition coefficient (Wildman–Crippen LogP) is 2.22. The van der Waals surface area contributed by atoms with Crippen molar-refractivity contribution < 1.29 is 4.35 Å². The molecule has 0 aliphatic heterocycles. The first-order valence-electron chi connectivity index (χ1n) is 4.69. The van der Waals surface area contributed by atoms with Gasteiger partial charge in [-0.1, -0.05) is 20.8 Å². The van der Waals surface area contributed by atoms with Crippen molar-refractivity contribution in [1.29, 1.82) is 0 Å². The van der Waals surface area contributed by atoms with E-state index in [0.29, 0.717) is 5.04 Å². The van der Waals surface area contributed by atoms with Crippen molar-refractivity contribution in [2.75, 3.05) is 0 Å². The number of hydrogen-bond acceptors (Lipinski definition) is 1. The molecule has 0 fully saturated rings. The van der Waals surface area contributed by atoms with E-state index in [9.17, 15) is 0 Å². The van der Waals surface area contributed by atoms with Crippen molar-refractivity contribution in [3.63, 3.8) is 0 Å². The minimum Gasteiger partial charge on any atom is -0.165 e. The first kappa shape index (κ1) is 10.4. The number of rotatable bonds is 1. The molecule has 0 N–H and O–H groups in total. The normalized spacial score (nSPS) is 13.0. The molecule has 72 valence electrons. The lowest BCUT2D eigenvalue weighted by molar-refractivity contribution is -0.616. The second-order valence-corrected chi connectivity index (χ2v) is 10.0. The molecule has 1 aromatic rings. The molecule has 0 amide bonds. The van der Waals surface area contributed by atoms with Crippen LogP contribution in [0.2, 0.25) is 18.1 Å². The fourth-order valence-electron chi connectivity index (χ4n) is 1.00. The third-order valence-electron chi connectivity index (χ3n) is 3.02. The molecule has 0 atom stereocenters. The van der Waals surface area contributed by atoms with Gasteiger partial charge in [-0.25, -0.2) is 0 Å². The monoisotopic (exact) mass is 195 g/mol. The van der Waals surface area contributed by atoms with E-state index in [2.05, 4.69) is 49.5 Å². The lowest BCUT2D eigenvalue weighted by atomic mass is 10.2. The van der Waals surface area contributed by atoms with Gasteiger partial charge in [0.15, 0.2) is 6.20 Å². The first-order chi connectivity index (χ1) is 5.86. The van der Waals surface area contributed by atoms with Gasteiger partial charge in [0.25, 0.3) is 0 Å². The zero-order valence-corrected chi connectivity index (χ0v) is 10.2. The summed E-state index contributed by atoms with van der Waals surface area (Å²) in [5, 5.41) is 4.73. The highest BCUT2D eigenvalue weighted by Crippen LogP contribution is 2.32. The molecule has 1 rings (SSSR count). The zero-order chi connectivity index (χ0) is 10.1. The van der Waals surface area contributed by atoms with Crippen LogP contribution in [0.25, 0.3) is 0 Å².